The van der Waals surface area contributed by atoms with Gasteiger partial charge in [0.15, 0.2) is 5.82 Å². The van der Waals surface area contributed by atoms with Gasteiger partial charge in [0.25, 0.3) is 0 Å². The molecule has 1 aliphatic heterocycles. The van der Waals surface area contributed by atoms with Crippen LogP contribution in [0.4, 0.5) is 10.1 Å². The van der Waals surface area contributed by atoms with Crippen molar-refractivity contribution in [3.63, 3.8) is 0 Å². The van der Waals surface area contributed by atoms with Crippen molar-refractivity contribution in [1.82, 2.24) is 4.98 Å². The van der Waals surface area contributed by atoms with Crippen molar-refractivity contribution < 1.29 is 4.39 Å². The van der Waals surface area contributed by atoms with Crippen molar-refractivity contribution in [2.45, 2.75) is 12.8 Å². The van der Waals surface area contributed by atoms with Crippen LogP contribution in [0.2, 0.25) is 10.0 Å². The highest BCUT2D eigenvalue weighted by Gasteiger charge is 2.18. The van der Waals surface area contributed by atoms with Gasteiger partial charge in [0.1, 0.15) is 0 Å². The largest absolute Gasteiger partial charge is 0.384 e. The summed E-state index contributed by atoms with van der Waals surface area (Å²) in [6.07, 6.45) is 3.79. The Labute approximate surface area is 108 Å². The number of benzene rings is 1. The first kappa shape index (κ1) is 11.1. The number of aryl methyl sites for hydroxylation is 1. The second-order valence-electron chi connectivity index (χ2n) is 4.07. The molecule has 0 bridgehead atoms. The van der Waals surface area contributed by atoms with Gasteiger partial charge in [-0.25, -0.2) is 4.39 Å². The molecule has 0 atom stereocenters. The Kier molecular flexibility index (Phi) is 2.60. The molecular weight excluding hydrogens is 262 g/mol. The van der Waals surface area contributed by atoms with Gasteiger partial charge < -0.3 is 5.32 Å². The van der Waals surface area contributed by atoms with Gasteiger partial charge in [-0.3, -0.25) is 4.98 Å². The van der Waals surface area contributed by atoms with Crippen LogP contribution in [0.25, 0.3) is 10.9 Å². The van der Waals surface area contributed by atoms with Crippen molar-refractivity contribution in [3.8, 4) is 0 Å². The summed E-state index contributed by atoms with van der Waals surface area (Å²) in [5, 5.41) is 3.94. The number of rotatable bonds is 0. The Bertz CT molecular complexity index is 613. The van der Waals surface area contributed by atoms with E-state index in [2.05, 4.69) is 10.3 Å². The van der Waals surface area contributed by atoms with Crippen LogP contribution in [0, 0.1) is 5.82 Å². The lowest BCUT2D eigenvalue weighted by molar-refractivity contribution is 0.630. The zero-order valence-electron chi connectivity index (χ0n) is 8.86. The lowest BCUT2D eigenvalue weighted by Crippen LogP contribution is -2.12. The van der Waals surface area contributed by atoms with E-state index in [1.165, 1.54) is 6.07 Å². The van der Waals surface area contributed by atoms with Crippen molar-refractivity contribution in [1.29, 1.82) is 0 Å². The van der Waals surface area contributed by atoms with E-state index in [1.807, 2.05) is 0 Å². The van der Waals surface area contributed by atoms with Gasteiger partial charge in [-0.2, -0.15) is 0 Å². The quantitative estimate of drug-likeness (QED) is 0.731. The van der Waals surface area contributed by atoms with E-state index in [-0.39, 0.29) is 10.0 Å². The fourth-order valence-corrected chi connectivity index (χ4v) is 2.72. The van der Waals surface area contributed by atoms with Gasteiger partial charge >= 0.3 is 0 Å². The highest BCUT2D eigenvalue weighted by Crippen LogP contribution is 2.38. The smallest absolute Gasteiger partial charge is 0.161 e. The minimum Gasteiger partial charge on any atom is -0.384 e. The molecule has 2 aromatic rings. The number of aromatic nitrogens is 1. The van der Waals surface area contributed by atoms with Gasteiger partial charge in [-0.05, 0) is 24.5 Å². The molecule has 0 spiro atoms. The Morgan fingerprint density at radius 1 is 1.35 bits per heavy atom. The monoisotopic (exact) mass is 270 g/mol. The fraction of sp³-hybridized carbons (Fsp3) is 0.250. The first-order valence-corrected chi connectivity index (χ1v) is 6.13. The predicted molar refractivity (Wildman–Crippen MR) is 68.5 cm³/mol. The zero-order valence-corrected chi connectivity index (χ0v) is 10.4. The van der Waals surface area contributed by atoms with Crippen LogP contribution in [0.5, 0.6) is 0 Å². The van der Waals surface area contributed by atoms with E-state index in [1.54, 1.807) is 6.20 Å². The van der Waals surface area contributed by atoms with Crippen LogP contribution in [0.15, 0.2) is 12.3 Å². The van der Waals surface area contributed by atoms with E-state index < -0.39 is 5.82 Å². The van der Waals surface area contributed by atoms with E-state index in [0.29, 0.717) is 10.9 Å². The highest BCUT2D eigenvalue weighted by atomic mass is 35.5. The van der Waals surface area contributed by atoms with E-state index in [4.69, 9.17) is 23.2 Å². The second kappa shape index (κ2) is 4.00. The Balaban J connectivity index is 2.42. The molecule has 1 aromatic carbocycles. The van der Waals surface area contributed by atoms with Crippen LogP contribution >= 0.6 is 23.2 Å². The molecule has 1 aliphatic rings. The number of halogens is 3. The third kappa shape index (κ3) is 1.65. The molecule has 0 aliphatic carbocycles. The predicted octanol–water partition coefficient (Wildman–Crippen LogP) is 4.04. The van der Waals surface area contributed by atoms with Crippen LogP contribution in [0.1, 0.15) is 12.0 Å². The summed E-state index contributed by atoms with van der Waals surface area (Å²) in [4.78, 5) is 4.28. The number of hydrogen-bond donors (Lipinski definition) is 1. The molecule has 1 aromatic heterocycles. The Morgan fingerprint density at radius 3 is 3.00 bits per heavy atom. The second-order valence-corrected chi connectivity index (χ2v) is 4.85. The maximum absolute atomic E-state index is 13.7. The third-order valence-corrected chi connectivity index (χ3v) is 3.63. The lowest BCUT2D eigenvalue weighted by Gasteiger charge is -2.20. The van der Waals surface area contributed by atoms with Gasteiger partial charge in [-0.1, -0.05) is 23.2 Å². The lowest BCUT2D eigenvalue weighted by atomic mass is 10.0. The first-order chi connectivity index (χ1) is 8.18. The summed E-state index contributed by atoms with van der Waals surface area (Å²) in [6.45, 7) is 0.868. The van der Waals surface area contributed by atoms with Gasteiger partial charge in [0.2, 0.25) is 0 Å². The van der Waals surface area contributed by atoms with Crippen LogP contribution in [-0.2, 0) is 6.42 Å². The summed E-state index contributed by atoms with van der Waals surface area (Å²) in [5.74, 6) is -0.580. The van der Waals surface area contributed by atoms with E-state index in [9.17, 15) is 4.39 Å². The maximum atomic E-state index is 13.7. The Morgan fingerprint density at radius 2 is 2.18 bits per heavy atom. The Hall–Kier alpha value is -1.06. The number of nitrogens with zero attached hydrogens (tertiary/aromatic N) is 1. The minimum atomic E-state index is -0.580. The summed E-state index contributed by atoms with van der Waals surface area (Å²) >= 11 is 11.8. The van der Waals surface area contributed by atoms with Crippen LogP contribution in [-0.4, -0.2) is 11.5 Å². The molecule has 2 nitrogen and oxygen atoms in total. The molecule has 88 valence electrons. The van der Waals surface area contributed by atoms with Crippen LogP contribution in [0.3, 0.4) is 0 Å². The van der Waals surface area contributed by atoms with Gasteiger partial charge in [0.05, 0.1) is 15.6 Å². The molecule has 0 unspecified atom stereocenters. The van der Waals surface area contributed by atoms with Crippen molar-refractivity contribution >= 4 is 39.8 Å². The van der Waals surface area contributed by atoms with Crippen LogP contribution < -0.4 is 5.32 Å². The number of fused-ring (bicyclic) bond motifs is 3. The fourth-order valence-electron chi connectivity index (χ4n) is 2.18. The molecule has 0 fully saturated rings. The van der Waals surface area contributed by atoms with E-state index >= 15 is 0 Å². The minimum absolute atomic E-state index is 0.00533. The normalized spacial score (nSPS) is 14.5. The number of nitrogens with one attached hydrogen (secondary N) is 1. The molecule has 0 radical (unpaired) electrons. The number of anilines is 1. The molecule has 2 heterocycles. The first-order valence-electron chi connectivity index (χ1n) is 5.37. The zero-order chi connectivity index (χ0) is 12.0. The number of pyridine rings is 1. The van der Waals surface area contributed by atoms with Crippen molar-refractivity contribution in [2.75, 3.05) is 11.9 Å². The summed E-state index contributed by atoms with van der Waals surface area (Å²) < 4.78 is 13.7. The third-order valence-electron chi connectivity index (χ3n) is 3.00. The standard InChI is InChI=1S/C12H9Cl2FN2/c13-7-4-8-9(10(14)11(7)15)12-6(5-17-8)2-1-3-16-12/h4-5,16H,1-3H2. The molecular formula is C12H9Cl2FN2. The molecule has 17 heavy (non-hydrogen) atoms. The molecule has 0 saturated heterocycles. The molecule has 0 saturated carbocycles. The summed E-state index contributed by atoms with van der Waals surface area (Å²) in [5.41, 5.74) is 2.59. The average Bonchev–Trinajstić information content (AvgIpc) is 2.35. The number of hydrogen-bond acceptors (Lipinski definition) is 2. The van der Waals surface area contributed by atoms with Crippen molar-refractivity contribution in [3.05, 3.63) is 33.7 Å². The van der Waals surface area contributed by atoms with Gasteiger partial charge in [-0.15, -0.1) is 0 Å². The van der Waals surface area contributed by atoms with E-state index in [0.717, 1.165) is 30.6 Å². The van der Waals surface area contributed by atoms with Gasteiger partial charge in [0, 0.05) is 23.8 Å². The molecule has 1 N–H and O–H groups in total. The topological polar surface area (TPSA) is 24.9 Å². The van der Waals surface area contributed by atoms with Crippen molar-refractivity contribution in [2.24, 2.45) is 0 Å². The summed E-state index contributed by atoms with van der Waals surface area (Å²) in [7, 11) is 0. The average molecular weight is 271 g/mol. The molecule has 0 amide bonds. The maximum Gasteiger partial charge on any atom is 0.161 e. The molecule has 5 heteroatoms. The summed E-state index contributed by atoms with van der Waals surface area (Å²) in [6, 6.07) is 1.51. The SMILES string of the molecule is Fc1c(Cl)cc2ncc3c(c2c1Cl)NCCC3. The highest BCUT2D eigenvalue weighted by molar-refractivity contribution is 6.39. The molecule has 3 rings (SSSR count).